The Hall–Kier alpha value is -3.52. The lowest BCUT2D eigenvalue weighted by Crippen LogP contribution is -2.48. The van der Waals surface area contributed by atoms with Gasteiger partial charge in [0.15, 0.2) is 0 Å². The summed E-state index contributed by atoms with van der Waals surface area (Å²) < 4.78 is 0. The molecule has 2 saturated heterocycles. The molecule has 0 atom stereocenters. The van der Waals surface area contributed by atoms with E-state index in [1.54, 1.807) is 4.90 Å². The van der Waals surface area contributed by atoms with Gasteiger partial charge in [0.05, 0.1) is 12.1 Å². The quantitative estimate of drug-likeness (QED) is 0.682. The topological polar surface area (TPSA) is 95.7 Å². The number of nitrogens with two attached hydrogens (primary N) is 1. The number of carbonyl (C=O) groups excluding carboxylic acids is 2. The highest BCUT2D eigenvalue weighted by Crippen LogP contribution is 2.22. The van der Waals surface area contributed by atoms with Crippen molar-refractivity contribution < 1.29 is 9.59 Å². The molecule has 1 aromatic heterocycles. The van der Waals surface area contributed by atoms with Crippen molar-refractivity contribution in [3.05, 3.63) is 59.9 Å². The number of nitrogen functional groups attached to an aromatic ring is 1. The molecule has 2 amide bonds. The minimum Gasteiger partial charge on any atom is -0.383 e. The van der Waals surface area contributed by atoms with Crippen molar-refractivity contribution in [2.75, 3.05) is 43.4 Å². The molecule has 0 saturated carbocycles. The number of hydrogen-bond acceptors (Lipinski definition) is 6. The number of hydrogen-bond donors (Lipinski definition) is 1. The third-order valence-electron chi connectivity index (χ3n) is 6.20. The van der Waals surface area contributed by atoms with Crippen LogP contribution < -0.4 is 10.6 Å². The lowest BCUT2D eigenvalue weighted by Gasteiger charge is -2.34. The van der Waals surface area contributed by atoms with E-state index in [9.17, 15) is 9.59 Å². The first-order chi connectivity index (χ1) is 15.6. The number of benzene rings is 2. The summed E-state index contributed by atoms with van der Waals surface area (Å²) in [7, 11) is 0. The van der Waals surface area contributed by atoms with Gasteiger partial charge in [-0.1, -0.05) is 12.1 Å². The number of nitrogens with zero attached hydrogens (tertiary/aromatic N) is 5. The van der Waals surface area contributed by atoms with E-state index in [-0.39, 0.29) is 11.8 Å². The van der Waals surface area contributed by atoms with Gasteiger partial charge < -0.3 is 15.5 Å². The highest BCUT2D eigenvalue weighted by atomic mass is 16.2. The lowest BCUT2D eigenvalue weighted by atomic mass is 10.1. The van der Waals surface area contributed by atoms with Crippen LogP contribution in [0.3, 0.4) is 0 Å². The summed E-state index contributed by atoms with van der Waals surface area (Å²) in [5.41, 5.74) is 8.47. The number of para-hydroxylation sites is 1. The summed E-state index contributed by atoms with van der Waals surface area (Å²) in [5.74, 6) is 1.37. The van der Waals surface area contributed by atoms with Crippen molar-refractivity contribution in [1.29, 1.82) is 0 Å². The second-order valence-electron chi connectivity index (χ2n) is 8.31. The third kappa shape index (κ3) is 4.01. The van der Waals surface area contributed by atoms with Crippen LogP contribution >= 0.6 is 0 Å². The normalized spacial score (nSPS) is 17.3. The van der Waals surface area contributed by atoms with Crippen LogP contribution in [0, 0.1) is 0 Å². The minimum absolute atomic E-state index is 0.0233. The summed E-state index contributed by atoms with van der Waals surface area (Å²) >= 11 is 0. The van der Waals surface area contributed by atoms with E-state index >= 15 is 0 Å². The molecule has 8 nitrogen and oxygen atoms in total. The Morgan fingerprint density at radius 3 is 2.41 bits per heavy atom. The molecule has 0 radical (unpaired) electrons. The largest absolute Gasteiger partial charge is 0.383 e. The minimum atomic E-state index is 0.0233. The maximum absolute atomic E-state index is 12.9. The predicted octanol–water partition coefficient (Wildman–Crippen LogP) is 2.30. The van der Waals surface area contributed by atoms with Gasteiger partial charge in [0, 0.05) is 55.8 Å². The highest BCUT2D eigenvalue weighted by molar-refractivity contribution is 5.97. The van der Waals surface area contributed by atoms with Gasteiger partial charge in [-0.3, -0.25) is 14.5 Å². The summed E-state index contributed by atoms with van der Waals surface area (Å²) in [6.45, 7) is 4.16. The van der Waals surface area contributed by atoms with E-state index in [4.69, 9.17) is 5.73 Å². The molecule has 2 fully saturated rings. The molecule has 2 aliphatic heterocycles. The van der Waals surface area contributed by atoms with Crippen LogP contribution in [0.1, 0.15) is 29.0 Å². The van der Waals surface area contributed by atoms with Gasteiger partial charge >= 0.3 is 0 Å². The Morgan fingerprint density at radius 2 is 1.69 bits per heavy atom. The maximum atomic E-state index is 12.9. The highest BCUT2D eigenvalue weighted by Gasteiger charge is 2.24. The molecule has 0 unspecified atom stereocenters. The Kier molecular flexibility index (Phi) is 5.45. The first-order valence-electron chi connectivity index (χ1n) is 11.0. The lowest BCUT2D eigenvalue weighted by molar-refractivity contribution is -0.117. The van der Waals surface area contributed by atoms with Crippen LogP contribution in [0.5, 0.6) is 0 Å². The van der Waals surface area contributed by atoms with Crippen LogP contribution in [-0.2, 0) is 11.3 Å². The summed E-state index contributed by atoms with van der Waals surface area (Å²) in [5, 5.41) is 0.867. The van der Waals surface area contributed by atoms with Crippen molar-refractivity contribution in [2.24, 2.45) is 0 Å². The molecule has 3 heterocycles. The smallest absolute Gasteiger partial charge is 0.253 e. The molecule has 0 spiro atoms. The second-order valence-corrected chi connectivity index (χ2v) is 8.31. The molecule has 3 aromatic rings. The maximum Gasteiger partial charge on any atom is 0.253 e. The summed E-state index contributed by atoms with van der Waals surface area (Å²) in [6, 6.07) is 15.1. The van der Waals surface area contributed by atoms with Gasteiger partial charge in [0.1, 0.15) is 11.6 Å². The second kappa shape index (κ2) is 8.55. The number of rotatable bonds is 4. The SMILES string of the molecule is Nc1nc(CN2CCN(C(=O)c3ccc(N4CCCC4=O)cc3)CC2)nc2ccccc12. The molecule has 32 heavy (non-hydrogen) atoms. The Balaban J connectivity index is 1.19. The van der Waals surface area contributed by atoms with Gasteiger partial charge in [-0.2, -0.15) is 0 Å². The number of aromatic nitrogens is 2. The zero-order chi connectivity index (χ0) is 22.1. The van der Waals surface area contributed by atoms with Gasteiger partial charge in [-0.05, 0) is 42.8 Å². The van der Waals surface area contributed by atoms with Crippen LogP contribution in [0.15, 0.2) is 48.5 Å². The molecular weight excluding hydrogens is 404 g/mol. The van der Waals surface area contributed by atoms with Crippen molar-refractivity contribution in [3.8, 4) is 0 Å². The molecule has 2 aliphatic rings. The fourth-order valence-electron chi connectivity index (χ4n) is 4.42. The molecular formula is C24H26N6O2. The van der Waals surface area contributed by atoms with Crippen molar-refractivity contribution in [3.63, 3.8) is 0 Å². The van der Waals surface area contributed by atoms with Crippen LogP contribution in [0.4, 0.5) is 11.5 Å². The van der Waals surface area contributed by atoms with Crippen LogP contribution in [0.25, 0.3) is 10.9 Å². The van der Waals surface area contributed by atoms with Gasteiger partial charge in [0.2, 0.25) is 5.91 Å². The van der Waals surface area contributed by atoms with Gasteiger partial charge in [0.25, 0.3) is 5.91 Å². The molecule has 0 bridgehead atoms. The van der Waals surface area contributed by atoms with Crippen molar-refractivity contribution >= 4 is 34.2 Å². The number of anilines is 2. The average Bonchev–Trinajstić information content (AvgIpc) is 3.25. The molecule has 0 aliphatic carbocycles. The van der Waals surface area contributed by atoms with Gasteiger partial charge in [-0.25, -0.2) is 9.97 Å². The number of fused-ring (bicyclic) bond motifs is 1. The number of amides is 2. The molecule has 8 heteroatoms. The van der Waals surface area contributed by atoms with E-state index < -0.39 is 0 Å². The monoisotopic (exact) mass is 430 g/mol. The third-order valence-corrected chi connectivity index (χ3v) is 6.20. The van der Waals surface area contributed by atoms with E-state index in [1.165, 1.54) is 0 Å². The zero-order valence-corrected chi connectivity index (χ0v) is 17.9. The Labute approximate surface area is 186 Å². The van der Waals surface area contributed by atoms with E-state index in [1.807, 2.05) is 53.4 Å². The first kappa shape index (κ1) is 20.4. The fraction of sp³-hybridized carbons (Fsp3) is 0.333. The van der Waals surface area contributed by atoms with E-state index in [0.29, 0.717) is 43.3 Å². The van der Waals surface area contributed by atoms with Crippen LogP contribution in [-0.4, -0.2) is 64.3 Å². The molecule has 5 rings (SSSR count). The standard InChI is InChI=1S/C24H26N6O2/c25-23-19-4-1-2-5-20(19)26-21(27-23)16-28-12-14-29(15-13-28)24(32)17-7-9-18(10-8-17)30-11-3-6-22(30)31/h1-2,4-5,7-10H,3,6,11-16H2,(H2,25,26,27). The Morgan fingerprint density at radius 1 is 0.938 bits per heavy atom. The fourth-order valence-corrected chi connectivity index (χ4v) is 4.42. The van der Waals surface area contributed by atoms with Crippen molar-refractivity contribution in [1.82, 2.24) is 19.8 Å². The van der Waals surface area contributed by atoms with Crippen LogP contribution in [0.2, 0.25) is 0 Å². The van der Waals surface area contributed by atoms with E-state index in [0.717, 1.165) is 42.6 Å². The summed E-state index contributed by atoms with van der Waals surface area (Å²) in [4.78, 5) is 39.9. The average molecular weight is 431 g/mol. The first-order valence-corrected chi connectivity index (χ1v) is 11.0. The molecule has 2 N–H and O–H groups in total. The molecule has 2 aromatic carbocycles. The summed E-state index contributed by atoms with van der Waals surface area (Å²) in [6.07, 6.45) is 1.49. The van der Waals surface area contributed by atoms with Crippen molar-refractivity contribution in [2.45, 2.75) is 19.4 Å². The number of piperazine rings is 1. The zero-order valence-electron chi connectivity index (χ0n) is 17.9. The Bertz CT molecular complexity index is 1150. The van der Waals surface area contributed by atoms with E-state index in [2.05, 4.69) is 14.9 Å². The van der Waals surface area contributed by atoms with Gasteiger partial charge in [-0.15, -0.1) is 0 Å². The number of carbonyl (C=O) groups is 2. The predicted molar refractivity (Wildman–Crippen MR) is 123 cm³/mol. The molecule has 164 valence electrons.